The Kier molecular flexibility index (Phi) is 9.10. The third kappa shape index (κ3) is 8.68. The molecular formula is C29H39N3O5. The molecule has 1 aliphatic rings. The van der Waals surface area contributed by atoms with Crippen molar-refractivity contribution in [3.63, 3.8) is 0 Å². The average Bonchev–Trinajstić information content (AvgIpc) is 2.82. The van der Waals surface area contributed by atoms with Gasteiger partial charge in [-0.2, -0.15) is 0 Å². The second-order valence-electron chi connectivity index (χ2n) is 11.1. The maximum absolute atomic E-state index is 12.7. The molecule has 0 saturated heterocycles. The fourth-order valence-corrected chi connectivity index (χ4v) is 4.38. The van der Waals surface area contributed by atoms with Crippen molar-refractivity contribution in [2.75, 3.05) is 11.9 Å². The minimum atomic E-state index is -1.17. The van der Waals surface area contributed by atoms with Gasteiger partial charge in [0, 0.05) is 11.6 Å². The molecule has 2 aromatic rings. The van der Waals surface area contributed by atoms with Crippen LogP contribution >= 0.6 is 0 Å². The summed E-state index contributed by atoms with van der Waals surface area (Å²) in [6, 6.07) is 15.4. The molecule has 0 bridgehead atoms. The van der Waals surface area contributed by atoms with Gasteiger partial charge < -0.3 is 26.2 Å². The Balaban J connectivity index is 1.58. The number of Topliss-reactive ketones (excluding diaryl/α,β-unsaturated/α-hetero) is 1. The van der Waals surface area contributed by atoms with Crippen LogP contribution in [0.3, 0.4) is 0 Å². The number of carbonyl (C=O) groups excluding carboxylic acids is 3. The first kappa shape index (κ1) is 28.3. The number of carbonyl (C=O) groups is 3. The molecule has 2 aromatic carbocycles. The molecule has 0 aliphatic heterocycles. The van der Waals surface area contributed by atoms with E-state index >= 15 is 0 Å². The van der Waals surface area contributed by atoms with Crippen molar-refractivity contribution in [2.24, 2.45) is 11.7 Å². The molecule has 0 radical (unpaired) electrons. The van der Waals surface area contributed by atoms with Crippen molar-refractivity contribution in [3.8, 4) is 11.1 Å². The molecule has 2 amide bonds. The number of benzene rings is 2. The van der Waals surface area contributed by atoms with Crippen LogP contribution in [-0.4, -0.2) is 46.7 Å². The lowest BCUT2D eigenvalue weighted by atomic mass is 9.87. The Morgan fingerprint density at radius 3 is 2.24 bits per heavy atom. The van der Waals surface area contributed by atoms with Crippen LogP contribution in [0.25, 0.3) is 11.1 Å². The highest BCUT2D eigenvalue weighted by Crippen LogP contribution is 2.27. The second-order valence-corrected chi connectivity index (χ2v) is 11.1. The highest BCUT2D eigenvalue weighted by atomic mass is 16.6. The van der Waals surface area contributed by atoms with Crippen molar-refractivity contribution in [3.05, 3.63) is 54.1 Å². The van der Waals surface area contributed by atoms with E-state index in [2.05, 4.69) is 10.6 Å². The van der Waals surface area contributed by atoms with E-state index in [1.165, 1.54) is 0 Å². The fourth-order valence-electron chi connectivity index (χ4n) is 4.38. The summed E-state index contributed by atoms with van der Waals surface area (Å²) in [6.45, 7) is 6.70. The summed E-state index contributed by atoms with van der Waals surface area (Å²) in [6.07, 6.45) is 2.11. The number of aliphatic hydroxyl groups excluding tert-OH is 1. The zero-order valence-corrected chi connectivity index (χ0v) is 22.2. The molecule has 1 fully saturated rings. The monoisotopic (exact) mass is 509 g/mol. The average molecular weight is 510 g/mol. The van der Waals surface area contributed by atoms with Crippen molar-refractivity contribution in [1.29, 1.82) is 0 Å². The Morgan fingerprint density at radius 2 is 1.62 bits per heavy atom. The third-order valence-corrected chi connectivity index (χ3v) is 6.48. The third-order valence-electron chi connectivity index (χ3n) is 6.48. The van der Waals surface area contributed by atoms with Crippen LogP contribution < -0.4 is 16.4 Å². The first-order valence-electron chi connectivity index (χ1n) is 12.8. The molecule has 0 heterocycles. The molecule has 0 spiro atoms. The number of hydrogen-bond donors (Lipinski definition) is 4. The van der Waals surface area contributed by atoms with Crippen LogP contribution in [0.15, 0.2) is 48.5 Å². The molecule has 1 atom stereocenters. The lowest BCUT2D eigenvalue weighted by Gasteiger charge is -2.25. The summed E-state index contributed by atoms with van der Waals surface area (Å²) in [5.41, 5.74) is 8.07. The largest absolute Gasteiger partial charge is 0.444 e. The molecule has 1 aliphatic carbocycles. The number of hydrogen-bond acceptors (Lipinski definition) is 6. The van der Waals surface area contributed by atoms with Gasteiger partial charge in [0.15, 0.2) is 5.78 Å². The van der Waals surface area contributed by atoms with Gasteiger partial charge in [-0.05, 0) is 88.6 Å². The van der Waals surface area contributed by atoms with Crippen LogP contribution in [0.1, 0.15) is 58.9 Å². The van der Waals surface area contributed by atoms with Crippen LogP contribution in [0.4, 0.5) is 10.5 Å². The summed E-state index contributed by atoms with van der Waals surface area (Å²) < 4.78 is 5.17. The van der Waals surface area contributed by atoms with E-state index in [1.54, 1.807) is 27.7 Å². The summed E-state index contributed by atoms with van der Waals surface area (Å²) in [7, 11) is 0. The smallest absolute Gasteiger partial charge is 0.408 e. The normalized spacial score (nSPS) is 19.4. The first-order valence-corrected chi connectivity index (χ1v) is 12.8. The van der Waals surface area contributed by atoms with E-state index in [1.807, 2.05) is 48.5 Å². The SMILES string of the molecule is CC(C)(C)OC(=O)NCC(=O)C(C)(N)Cc1cccc(-c2ccc(NC(=O)C3CCC(O)CC3)cc2)c1. The van der Waals surface area contributed by atoms with E-state index < -0.39 is 17.2 Å². The van der Waals surface area contributed by atoms with Crippen LogP contribution in [0, 0.1) is 5.92 Å². The Hall–Kier alpha value is -3.23. The number of aliphatic hydroxyl groups is 1. The molecule has 8 nitrogen and oxygen atoms in total. The van der Waals surface area contributed by atoms with Gasteiger partial charge in [0.1, 0.15) is 5.60 Å². The fraction of sp³-hybridized carbons (Fsp3) is 0.483. The summed E-state index contributed by atoms with van der Waals surface area (Å²) >= 11 is 0. The van der Waals surface area contributed by atoms with Gasteiger partial charge in [-0.1, -0.05) is 36.4 Å². The number of amides is 2. The highest BCUT2D eigenvalue weighted by Gasteiger charge is 2.29. The predicted octanol–water partition coefficient (Wildman–Crippen LogP) is 4.20. The molecule has 0 aromatic heterocycles. The number of nitrogens with one attached hydrogen (secondary N) is 2. The van der Waals surface area contributed by atoms with E-state index in [0.29, 0.717) is 32.1 Å². The van der Waals surface area contributed by atoms with Crippen molar-refractivity contribution < 1.29 is 24.2 Å². The van der Waals surface area contributed by atoms with E-state index in [-0.39, 0.29) is 30.3 Å². The van der Waals surface area contributed by atoms with E-state index in [0.717, 1.165) is 22.4 Å². The minimum absolute atomic E-state index is 0.00490. The maximum Gasteiger partial charge on any atom is 0.408 e. The number of nitrogens with two attached hydrogens (primary N) is 1. The lowest BCUT2D eigenvalue weighted by molar-refractivity contribution is -0.123. The maximum atomic E-state index is 12.7. The number of alkyl carbamates (subject to hydrolysis) is 1. The van der Waals surface area contributed by atoms with Crippen LogP contribution in [0.2, 0.25) is 0 Å². The zero-order chi connectivity index (χ0) is 27.2. The standard InChI is InChI=1S/C29H39N3O5/c1-28(2,3)37-27(36)31-18-25(34)29(4,30)17-19-6-5-7-22(16-19)20-8-12-23(13-9-20)32-26(35)21-10-14-24(33)15-11-21/h5-9,12-13,16,21,24,33H,10-11,14-15,17-18,30H2,1-4H3,(H,31,36)(H,32,35). The van der Waals surface area contributed by atoms with E-state index in [9.17, 15) is 19.5 Å². The molecule has 1 unspecified atom stereocenters. The molecule has 3 rings (SSSR count). The molecule has 1 saturated carbocycles. The molecule has 5 N–H and O–H groups in total. The number of ether oxygens (including phenoxy) is 1. The molecular weight excluding hydrogens is 470 g/mol. The predicted molar refractivity (Wildman–Crippen MR) is 144 cm³/mol. The van der Waals surface area contributed by atoms with Crippen LogP contribution in [-0.2, 0) is 20.7 Å². The van der Waals surface area contributed by atoms with Gasteiger partial charge in [0.05, 0.1) is 18.2 Å². The Morgan fingerprint density at radius 1 is 0.973 bits per heavy atom. The quantitative estimate of drug-likeness (QED) is 0.422. The minimum Gasteiger partial charge on any atom is -0.444 e. The lowest BCUT2D eigenvalue weighted by Crippen LogP contribution is -2.51. The van der Waals surface area contributed by atoms with Crippen molar-refractivity contribution in [1.82, 2.24) is 5.32 Å². The van der Waals surface area contributed by atoms with Gasteiger partial charge in [-0.15, -0.1) is 0 Å². The van der Waals surface area contributed by atoms with Crippen molar-refractivity contribution >= 4 is 23.5 Å². The van der Waals surface area contributed by atoms with E-state index in [4.69, 9.17) is 10.5 Å². The number of anilines is 1. The van der Waals surface area contributed by atoms with Gasteiger partial charge >= 0.3 is 6.09 Å². The first-order chi connectivity index (χ1) is 17.3. The Labute approximate surface area is 219 Å². The number of rotatable bonds is 8. The molecule has 37 heavy (non-hydrogen) atoms. The molecule has 8 heteroatoms. The summed E-state index contributed by atoms with van der Waals surface area (Å²) in [4.78, 5) is 37.1. The number of ketones is 1. The topological polar surface area (TPSA) is 131 Å². The van der Waals surface area contributed by atoms with Gasteiger partial charge in [-0.3, -0.25) is 9.59 Å². The second kappa shape index (κ2) is 11.9. The van der Waals surface area contributed by atoms with Crippen molar-refractivity contribution in [2.45, 2.75) is 77.0 Å². The van der Waals surface area contributed by atoms with Gasteiger partial charge in [0.25, 0.3) is 0 Å². The zero-order valence-electron chi connectivity index (χ0n) is 22.2. The summed E-state index contributed by atoms with van der Waals surface area (Å²) in [5, 5.41) is 15.1. The highest BCUT2D eigenvalue weighted by molar-refractivity contribution is 5.93. The van der Waals surface area contributed by atoms with Gasteiger partial charge in [-0.25, -0.2) is 4.79 Å². The Bertz CT molecular complexity index is 1100. The van der Waals surface area contributed by atoms with Gasteiger partial charge in [0.2, 0.25) is 5.91 Å². The molecule has 200 valence electrons. The van der Waals surface area contributed by atoms with Crippen LogP contribution in [0.5, 0.6) is 0 Å². The summed E-state index contributed by atoms with van der Waals surface area (Å²) in [5.74, 6) is -0.363.